The molecule has 0 unspecified atom stereocenters. The fourth-order valence-corrected chi connectivity index (χ4v) is 2.54. The van der Waals surface area contributed by atoms with Crippen LogP contribution in [0.2, 0.25) is 0 Å². The van der Waals surface area contributed by atoms with Gasteiger partial charge in [-0.3, -0.25) is 4.79 Å². The van der Waals surface area contributed by atoms with Crippen LogP contribution in [0, 0.1) is 13.8 Å². The van der Waals surface area contributed by atoms with Gasteiger partial charge in [0.15, 0.2) is 0 Å². The molecule has 4 heteroatoms. The number of methoxy groups -OCH3 is 1. The molecule has 2 rings (SSSR count). The van der Waals surface area contributed by atoms with E-state index in [1.807, 2.05) is 45.0 Å². The summed E-state index contributed by atoms with van der Waals surface area (Å²) in [6.07, 6.45) is 0. The molecule has 0 spiro atoms. The van der Waals surface area contributed by atoms with Crippen LogP contribution in [0.3, 0.4) is 0 Å². The van der Waals surface area contributed by atoms with Gasteiger partial charge in [-0.05, 0) is 62.2 Å². The van der Waals surface area contributed by atoms with Gasteiger partial charge in [0.05, 0.1) is 13.2 Å². The highest BCUT2D eigenvalue weighted by molar-refractivity contribution is 6.04. The summed E-state index contributed by atoms with van der Waals surface area (Å²) in [5.41, 5.74) is 4.48. The molecular formula is C19H23NO3. The lowest BCUT2D eigenvalue weighted by Crippen LogP contribution is -2.13. The Balaban J connectivity index is 2.23. The number of amides is 1. The predicted molar refractivity (Wildman–Crippen MR) is 92.2 cm³/mol. The first-order valence-electron chi connectivity index (χ1n) is 7.67. The smallest absolute Gasteiger partial charge is 0.255 e. The third-order valence-electron chi connectivity index (χ3n) is 3.40. The summed E-state index contributed by atoms with van der Waals surface area (Å²) in [4.78, 5) is 12.5. The summed E-state index contributed by atoms with van der Waals surface area (Å²) < 4.78 is 10.7. The standard InChI is InChI=1S/C19H23NO3/c1-5-23-18-7-6-15(11-16(18)12-22-4)19(21)20-17-9-13(2)8-14(3)10-17/h6-11H,5,12H2,1-4H3,(H,20,21). The summed E-state index contributed by atoms with van der Waals surface area (Å²) in [7, 11) is 1.62. The van der Waals surface area contributed by atoms with Crippen LogP contribution in [-0.4, -0.2) is 19.6 Å². The maximum absolute atomic E-state index is 12.5. The number of aryl methyl sites for hydroxylation is 2. The van der Waals surface area contributed by atoms with Gasteiger partial charge in [-0.25, -0.2) is 0 Å². The maximum atomic E-state index is 12.5. The fourth-order valence-electron chi connectivity index (χ4n) is 2.54. The second-order valence-electron chi connectivity index (χ2n) is 5.52. The molecule has 0 saturated heterocycles. The first-order valence-corrected chi connectivity index (χ1v) is 7.67. The van der Waals surface area contributed by atoms with Crippen LogP contribution in [0.4, 0.5) is 5.69 Å². The van der Waals surface area contributed by atoms with Crippen molar-refractivity contribution in [3.63, 3.8) is 0 Å². The molecule has 1 N–H and O–H groups in total. The van der Waals surface area contributed by atoms with E-state index < -0.39 is 0 Å². The quantitative estimate of drug-likeness (QED) is 0.873. The molecule has 0 aliphatic rings. The van der Waals surface area contributed by atoms with E-state index in [0.717, 1.165) is 28.1 Å². The molecule has 1 amide bonds. The Labute approximate surface area is 137 Å². The third-order valence-corrected chi connectivity index (χ3v) is 3.40. The number of rotatable bonds is 6. The molecule has 0 aliphatic carbocycles. The Morgan fingerprint density at radius 1 is 1.09 bits per heavy atom. The monoisotopic (exact) mass is 313 g/mol. The molecular weight excluding hydrogens is 290 g/mol. The summed E-state index contributed by atoms with van der Waals surface area (Å²) in [6, 6.07) is 11.4. The lowest BCUT2D eigenvalue weighted by Gasteiger charge is -2.12. The minimum absolute atomic E-state index is 0.143. The molecule has 2 aromatic carbocycles. The summed E-state index contributed by atoms with van der Waals surface area (Å²) >= 11 is 0. The molecule has 23 heavy (non-hydrogen) atoms. The second kappa shape index (κ2) is 7.79. The van der Waals surface area contributed by atoms with Gasteiger partial charge in [0.25, 0.3) is 5.91 Å². The second-order valence-corrected chi connectivity index (χ2v) is 5.52. The van der Waals surface area contributed by atoms with Crippen molar-refractivity contribution in [3.05, 3.63) is 58.7 Å². The minimum atomic E-state index is -0.143. The Kier molecular flexibility index (Phi) is 5.77. The molecule has 0 fully saturated rings. The Morgan fingerprint density at radius 2 is 1.78 bits per heavy atom. The SMILES string of the molecule is CCOc1ccc(C(=O)Nc2cc(C)cc(C)c2)cc1COC. The van der Waals surface area contributed by atoms with Crippen molar-refractivity contribution in [1.82, 2.24) is 0 Å². The number of hydrogen-bond donors (Lipinski definition) is 1. The van der Waals surface area contributed by atoms with Crippen molar-refractivity contribution in [3.8, 4) is 5.75 Å². The average molecular weight is 313 g/mol. The van der Waals surface area contributed by atoms with Crippen molar-refractivity contribution in [2.24, 2.45) is 0 Å². The molecule has 0 aromatic heterocycles. The van der Waals surface area contributed by atoms with Crippen LogP contribution >= 0.6 is 0 Å². The number of hydrogen-bond acceptors (Lipinski definition) is 3. The van der Waals surface area contributed by atoms with Gasteiger partial charge >= 0.3 is 0 Å². The molecule has 0 heterocycles. The van der Waals surface area contributed by atoms with Crippen molar-refractivity contribution in [2.75, 3.05) is 19.0 Å². The minimum Gasteiger partial charge on any atom is -0.494 e. The Hall–Kier alpha value is -2.33. The molecule has 4 nitrogen and oxygen atoms in total. The highest BCUT2D eigenvalue weighted by Crippen LogP contribution is 2.22. The van der Waals surface area contributed by atoms with Crippen LogP contribution in [0.15, 0.2) is 36.4 Å². The van der Waals surface area contributed by atoms with E-state index in [1.54, 1.807) is 13.2 Å². The molecule has 0 saturated carbocycles. The number of ether oxygens (including phenoxy) is 2. The number of carbonyl (C=O) groups is 1. The first kappa shape index (κ1) is 17.0. The van der Waals surface area contributed by atoms with Gasteiger partial charge in [-0.2, -0.15) is 0 Å². The van der Waals surface area contributed by atoms with Crippen molar-refractivity contribution in [2.45, 2.75) is 27.4 Å². The molecule has 0 aliphatic heterocycles. The topological polar surface area (TPSA) is 47.6 Å². The van der Waals surface area contributed by atoms with E-state index >= 15 is 0 Å². The normalized spacial score (nSPS) is 10.4. The summed E-state index contributed by atoms with van der Waals surface area (Å²) in [6.45, 7) is 6.93. The molecule has 0 atom stereocenters. The van der Waals surface area contributed by atoms with E-state index in [1.165, 1.54) is 0 Å². The lowest BCUT2D eigenvalue weighted by atomic mass is 10.1. The van der Waals surface area contributed by atoms with Gasteiger partial charge in [0, 0.05) is 23.9 Å². The molecule has 2 aromatic rings. The van der Waals surface area contributed by atoms with E-state index in [2.05, 4.69) is 11.4 Å². The zero-order valence-electron chi connectivity index (χ0n) is 14.1. The predicted octanol–water partition coefficient (Wildman–Crippen LogP) is 4.10. The first-order chi connectivity index (χ1) is 11.0. The maximum Gasteiger partial charge on any atom is 0.255 e. The Morgan fingerprint density at radius 3 is 2.39 bits per heavy atom. The van der Waals surface area contributed by atoms with E-state index in [-0.39, 0.29) is 5.91 Å². The number of anilines is 1. The highest BCUT2D eigenvalue weighted by Gasteiger charge is 2.11. The van der Waals surface area contributed by atoms with Crippen molar-refractivity contribution >= 4 is 11.6 Å². The fraction of sp³-hybridized carbons (Fsp3) is 0.316. The van der Waals surface area contributed by atoms with Crippen LogP contribution in [-0.2, 0) is 11.3 Å². The Bertz CT molecular complexity index is 675. The number of benzene rings is 2. The summed E-state index contributed by atoms with van der Waals surface area (Å²) in [5.74, 6) is 0.604. The van der Waals surface area contributed by atoms with E-state index in [4.69, 9.17) is 9.47 Å². The van der Waals surface area contributed by atoms with Gasteiger partial charge in [0.2, 0.25) is 0 Å². The third kappa shape index (κ3) is 4.57. The highest BCUT2D eigenvalue weighted by atomic mass is 16.5. The van der Waals surface area contributed by atoms with Gasteiger partial charge in [0.1, 0.15) is 5.75 Å². The van der Waals surface area contributed by atoms with E-state index in [0.29, 0.717) is 18.8 Å². The molecule has 122 valence electrons. The zero-order valence-corrected chi connectivity index (χ0v) is 14.1. The largest absolute Gasteiger partial charge is 0.494 e. The molecule has 0 radical (unpaired) electrons. The van der Waals surface area contributed by atoms with Gasteiger partial charge < -0.3 is 14.8 Å². The number of carbonyl (C=O) groups excluding carboxylic acids is 1. The van der Waals surface area contributed by atoms with Crippen LogP contribution in [0.25, 0.3) is 0 Å². The van der Waals surface area contributed by atoms with Crippen molar-refractivity contribution in [1.29, 1.82) is 0 Å². The zero-order chi connectivity index (χ0) is 16.8. The average Bonchev–Trinajstić information content (AvgIpc) is 2.48. The summed E-state index contributed by atoms with van der Waals surface area (Å²) in [5, 5.41) is 2.94. The molecule has 0 bridgehead atoms. The van der Waals surface area contributed by atoms with Crippen LogP contribution < -0.4 is 10.1 Å². The van der Waals surface area contributed by atoms with Crippen LogP contribution in [0.1, 0.15) is 34.0 Å². The lowest BCUT2D eigenvalue weighted by molar-refractivity contribution is 0.102. The van der Waals surface area contributed by atoms with E-state index in [9.17, 15) is 4.79 Å². The van der Waals surface area contributed by atoms with Gasteiger partial charge in [-0.15, -0.1) is 0 Å². The van der Waals surface area contributed by atoms with Gasteiger partial charge in [-0.1, -0.05) is 6.07 Å². The van der Waals surface area contributed by atoms with Crippen LogP contribution in [0.5, 0.6) is 5.75 Å². The van der Waals surface area contributed by atoms with Crippen molar-refractivity contribution < 1.29 is 14.3 Å². The number of nitrogens with one attached hydrogen (secondary N) is 1.